The molecule has 0 spiro atoms. The van der Waals surface area contributed by atoms with Crippen LogP contribution in [0.4, 0.5) is 4.39 Å². The lowest BCUT2D eigenvalue weighted by Crippen LogP contribution is -2.39. The number of esters is 1. The van der Waals surface area contributed by atoms with Crippen LogP contribution in [0.1, 0.15) is 70.3 Å². The van der Waals surface area contributed by atoms with Gasteiger partial charge in [0.1, 0.15) is 5.82 Å². The highest BCUT2D eigenvalue weighted by molar-refractivity contribution is 5.69. The molecule has 1 heterocycles. The monoisotopic (exact) mass is 458 g/mol. The molecule has 1 aliphatic heterocycles. The van der Waals surface area contributed by atoms with Gasteiger partial charge in [0.15, 0.2) is 0 Å². The van der Waals surface area contributed by atoms with E-state index in [1.165, 1.54) is 19.2 Å². The molecule has 0 amide bonds. The number of allylic oxidation sites excluding steroid dienone is 2. The maximum atomic E-state index is 13.6. The molecular weight excluding hydrogens is 419 g/mol. The lowest BCUT2D eigenvalue weighted by atomic mass is 9.69. The number of fused-ring (bicyclic) bond motifs is 2. The van der Waals surface area contributed by atoms with Gasteiger partial charge in [0.2, 0.25) is 0 Å². The Morgan fingerprint density at radius 3 is 2.79 bits per heavy atom. The van der Waals surface area contributed by atoms with Crippen molar-refractivity contribution in [3.05, 3.63) is 60.0 Å². The van der Waals surface area contributed by atoms with Gasteiger partial charge in [-0.05, 0) is 55.7 Å². The number of carbonyl (C=O) groups excluding carboxylic acids is 1. The van der Waals surface area contributed by atoms with Gasteiger partial charge in [0.25, 0.3) is 0 Å². The van der Waals surface area contributed by atoms with Crippen LogP contribution < -0.4 is 0 Å². The standard InChI is InChI=1S/C28H39FO4/c1-3-4-7-10-23(30)17-18-24-25(11-8-5-6-9-12-27(31)32-2)28(19-26(24)33-20-28)21-13-15-22(29)16-14-21/h5,8,13-18,23-26,30H,3-4,6-7,9-12,19-20H2,1-2H3/b8-5-,18-17+/t23-,24-,25-,26-,28-/m1/s1. The minimum absolute atomic E-state index is 0.117. The fourth-order valence-electron chi connectivity index (χ4n) is 5.49. The number of rotatable bonds is 13. The number of ether oxygens (including phenoxy) is 2. The first-order valence-corrected chi connectivity index (χ1v) is 12.5. The fourth-order valence-corrected chi connectivity index (χ4v) is 5.49. The van der Waals surface area contributed by atoms with Crippen molar-refractivity contribution >= 4 is 5.97 Å². The average Bonchev–Trinajstić information content (AvgIpc) is 3.38. The molecule has 1 aromatic carbocycles. The Hall–Kier alpha value is -1.98. The van der Waals surface area contributed by atoms with Crippen LogP contribution in [0, 0.1) is 17.7 Å². The molecule has 182 valence electrons. The predicted octanol–water partition coefficient (Wildman–Crippen LogP) is 5.89. The number of methoxy groups -OCH3 is 1. The second-order valence-corrected chi connectivity index (χ2v) is 9.52. The third-order valence-electron chi connectivity index (χ3n) is 7.34. The Bertz CT molecular complexity index is 803. The van der Waals surface area contributed by atoms with Crippen molar-refractivity contribution in [1.82, 2.24) is 0 Å². The Morgan fingerprint density at radius 1 is 1.27 bits per heavy atom. The molecule has 1 N–H and O–H groups in total. The first-order chi connectivity index (χ1) is 16.0. The molecule has 2 aliphatic rings. The molecule has 5 atom stereocenters. The zero-order chi connectivity index (χ0) is 23.7. The molecule has 33 heavy (non-hydrogen) atoms. The molecule has 4 nitrogen and oxygen atoms in total. The molecule has 0 unspecified atom stereocenters. The van der Waals surface area contributed by atoms with Crippen LogP contribution in [0.15, 0.2) is 48.6 Å². The highest BCUT2D eigenvalue weighted by atomic mass is 19.1. The van der Waals surface area contributed by atoms with Crippen molar-refractivity contribution in [2.24, 2.45) is 11.8 Å². The van der Waals surface area contributed by atoms with Crippen molar-refractivity contribution < 1.29 is 23.8 Å². The lowest BCUT2D eigenvalue weighted by molar-refractivity contribution is -0.140. The van der Waals surface area contributed by atoms with Crippen LogP contribution in [0.2, 0.25) is 0 Å². The third-order valence-corrected chi connectivity index (χ3v) is 7.34. The van der Waals surface area contributed by atoms with E-state index in [0.29, 0.717) is 18.9 Å². The van der Waals surface area contributed by atoms with Gasteiger partial charge in [-0.2, -0.15) is 0 Å². The van der Waals surface area contributed by atoms with Gasteiger partial charge < -0.3 is 14.6 Å². The van der Waals surface area contributed by atoms with Crippen LogP contribution in [0.5, 0.6) is 0 Å². The average molecular weight is 459 g/mol. The van der Waals surface area contributed by atoms with Crippen LogP contribution in [0.3, 0.4) is 0 Å². The predicted molar refractivity (Wildman–Crippen MR) is 128 cm³/mol. The summed E-state index contributed by atoms with van der Waals surface area (Å²) in [5.74, 6) is 0.130. The summed E-state index contributed by atoms with van der Waals surface area (Å²) in [5.41, 5.74) is 0.992. The number of carbonyl (C=O) groups is 1. The van der Waals surface area contributed by atoms with Crippen molar-refractivity contribution in [1.29, 1.82) is 0 Å². The normalized spacial score (nSPS) is 27.6. The van der Waals surface area contributed by atoms with Crippen molar-refractivity contribution in [2.75, 3.05) is 13.7 Å². The lowest BCUT2D eigenvalue weighted by Gasteiger charge is -2.38. The van der Waals surface area contributed by atoms with Crippen molar-refractivity contribution in [2.45, 2.75) is 82.3 Å². The Kier molecular flexibility index (Phi) is 9.69. The van der Waals surface area contributed by atoms with Gasteiger partial charge in [-0.3, -0.25) is 4.79 Å². The molecule has 1 aliphatic carbocycles. The number of hydrogen-bond acceptors (Lipinski definition) is 4. The summed E-state index contributed by atoms with van der Waals surface area (Å²) in [5, 5.41) is 10.4. The molecule has 3 rings (SSSR count). The summed E-state index contributed by atoms with van der Waals surface area (Å²) in [4.78, 5) is 11.3. The number of aliphatic hydroxyl groups excluding tert-OH is 1. The van der Waals surface area contributed by atoms with Gasteiger partial charge in [-0.1, -0.05) is 62.6 Å². The number of hydrogen-bond donors (Lipinski definition) is 1. The molecule has 1 saturated carbocycles. The maximum Gasteiger partial charge on any atom is 0.305 e. The first-order valence-electron chi connectivity index (χ1n) is 12.5. The zero-order valence-corrected chi connectivity index (χ0v) is 20.0. The first kappa shape index (κ1) is 25.6. The summed E-state index contributed by atoms with van der Waals surface area (Å²) < 4.78 is 24.5. The van der Waals surface area contributed by atoms with E-state index in [1.807, 2.05) is 18.2 Å². The Morgan fingerprint density at radius 2 is 2.06 bits per heavy atom. The second-order valence-electron chi connectivity index (χ2n) is 9.52. The van der Waals surface area contributed by atoms with E-state index in [-0.39, 0.29) is 29.2 Å². The van der Waals surface area contributed by atoms with E-state index >= 15 is 0 Å². The molecule has 5 heteroatoms. The summed E-state index contributed by atoms with van der Waals surface area (Å²) in [6, 6.07) is 6.88. The van der Waals surface area contributed by atoms with E-state index in [2.05, 4.69) is 25.2 Å². The van der Waals surface area contributed by atoms with E-state index in [0.717, 1.165) is 56.9 Å². The van der Waals surface area contributed by atoms with Crippen LogP contribution in [-0.2, 0) is 19.7 Å². The van der Waals surface area contributed by atoms with Gasteiger partial charge >= 0.3 is 5.97 Å². The number of halogens is 1. The van der Waals surface area contributed by atoms with Gasteiger partial charge in [0, 0.05) is 17.8 Å². The van der Waals surface area contributed by atoms with E-state index < -0.39 is 6.10 Å². The Labute approximate surface area is 197 Å². The quantitative estimate of drug-likeness (QED) is 0.228. The van der Waals surface area contributed by atoms with E-state index in [9.17, 15) is 14.3 Å². The second kappa shape index (κ2) is 12.5. The Balaban J connectivity index is 1.71. The smallest absolute Gasteiger partial charge is 0.305 e. The third kappa shape index (κ3) is 6.54. The van der Waals surface area contributed by atoms with Crippen LogP contribution in [0.25, 0.3) is 0 Å². The van der Waals surface area contributed by atoms with Gasteiger partial charge in [0.05, 0.1) is 25.9 Å². The molecule has 0 aromatic heterocycles. The zero-order valence-electron chi connectivity index (χ0n) is 20.0. The minimum atomic E-state index is -0.424. The van der Waals surface area contributed by atoms with Crippen molar-refractivity contribution in [3.63, 3.8) is 0 Å². The summed E-state index contributed by atoms with van der Waals surface area (Å²) >= 11 is 0. The number of benzene rings is 1. The molecule has 0 radical (unpaired) electrons. The molecule has 1 aromatic rings. The molecule has 2 fully saturated rings. The molecule has 2 bridgehead atoms. The topological polar surface area (TPSA) is 55.8 Å². The van der Waals surface area contributed by atoms with Gasteiger partial charge in [-0.15, -0.1) is 0 Å². The molecule has 1 saturated heterocycles. The van der Waals surface area contributed by atoms with Gasteiger partial charge in [-0.25, -0.2) is 4.39 Å². The van der Waals surface area contributed by atoms with E-state index in [4.69, 9.17) is 9.47 Å². The largest absolute Gasteiger partial charge is 0.469 e. The van der Waals surface area contributed by atoms with Crippen molar-refractivity contribution in [3.8, 4) is 0 Å². The van der Waals surface area contributed by atoms with E-state index in [1.54, 1.807) is 0 Å². The fraction of sp³-hybridized carbons (Fsp3) is 0.607. The minimum Gasteiger partial charge on any atom is -0.469 e. The van der Waals surface area contributed by atoms with Crippen LogP contribution >= 0.6 is 0 Å². The number of unbranched alkanes of at least 4 members (excludes halogenated alkanes) is 3. The summed E-state index contributed by atoms with van der Waals surface area (Å²) in [6.07, 6.45) is 16.1. The SMILES string of the molecule is CCCCC[C@@H](O)/C=C/[C@@H]1[C@@H](C/C=C\CCCC(=O)OC)[C@@]2(c3ccc(F)cc3)CO[C@@H]1C2. The number of aliphatic hydroxyl groups is 1. The van der Waals surface area contributed by atoms with Crippen LogP contribution in [-0.4, -0.2) is 37.0 Å². The maximum absolute atomic E-state index is 13.6. The summed E-state index contributed by atoms with van der Waals surface area (Å²) in [7, 11) is 1.42. The highest BCUT2D eigenvalue weighted by Crippen LogP contribution is 2.57. The molecular formula is C28H39FO4. The summed E-state index contributed by atoms with van der Waals surface area (Å²) in [6.45, 7) is 2.81. The highest BCUT2D eigenvalue weighted by Gasteiger charge is 2.58.